The number of nitrogens with one attached hydrogen (secondary N) is 1. The average Bonchev–Trinajstić information content (AvgIpc) is 3.11. The number of hydrogen-bond acceptors (Lipinski definition) is 4. The Morgan fingerprint density at radius 2 is 1.96 bits per heavy atom. The standard InChI is InChI=1S/C18H17ClN4O2/c1-2-17-22-20-12-23(17)15-5-3-4-6-16(15)25-11-18(24)21-14-9-7-13(19)8-10-14/h3-10,12H,2,11H2,1H3,(H,21,24). The first-order chi connectivity index (χ1) is 12.2. The highest BCUT2D eigenvalue weighted by Gasteiger charge is 2.11. The number of halogens is 1. The van der Waals surface area contributed by atoms with Gasteiger partial charge in [-0.25, -0.2) is 0 Å². The second kappa shape index (κ2) is 7.81. The maximum absolute atomic E-state index is 12.1. The molecule has 0 aliphatic carbocycles. The van der Waals surface area contributed by atoms with Crippen LogP contribution in [0.1, 0.15) is 12.7 Å². The van der Waals surface area contributed by atoms with E-state index in [1.807, 2.05) is 35.8 Å². The molecule has 0 radical (unpaired) electrons. The van der Waals surface area contributed by atoms with Gasteiger partial charge in [0.1, 0.15) is 17.9 Å². The predicted octanol–water partition coefficient (Wildman–Crippen LogP) is 3.50. The van der Waals surface area contributed by atoms with Crippen molar-refractivity contribution >= 4 is 23.2 Å². The molecule has 0 atom stereocenters. The molecule has 0 fully saturated rings. The Labute approximate surface area is 150 Å². The molecule has 0 saturated heterocycles. The van der Waals surface area contributed by atoms with E-state index in [9.17, 15) is 4.79 Å². The van der Waals surface area contributed by atoms with Gasteiger partial charge < -0.3 is 10.1 Å². The van der Waals surface area contributed by atoms with Gasteiger partial charge in [-0.05, 0) is 36.4 Å². The van der Waals surface area contributed by atoms with Crippen molar-refractivity contribution in [3.05, 3.63) is 65.7 Å². The van der Waals surface area contributed by atoms with Crippen LogP contribution in [0.4, 0.5) is 5.69 Å². The summed E-state index contributed by atoms with van der Waals surface area (Å²) in [7, 11) is 0. The number of amides is 1. The summed E-state index contributed by atoms with van der Waals surface area (Å²) in [6.45, 7) is 1.90. The Bertz CT molecular complexity index is 862. The highest BCUT2D eigenvalue weighted by atomic mass is 35.5. The molecule has 0 bridgehead atoms. The number of carbonyl (C=O) groups excluding carboxylic acids is 1. The summed E-state index contributed by atoms with van der Waals surface area (Å²) >= 11 is 5.83. The molecule has 1 aromatic heterocycles. The van der Waals surface area contributed by atoms with Crippen LogP contribution in [0.2, 0.25) is 5.02 Å². The molecule has 1 amide bonds. The maximum atomic E-state index is 12.1. The van der Waals surface area contributed by atoms with Crippen LogP contribution in [0, 0.1) is 0 Å². The third-order valence-electron chi connectivity index (χ3n) is 3.55. The Morgan fingerprint density at radius 1 is 1.20 bits per heavy atom. The SMILES string of the molecule is CCc1nncn1-c1ccccc1OCC(=O)Nc1ccc(Cl)cc1. The van der Waals surface area contributed by atoms with Gasteiger partial charge in [0.2, 0.25) is 0 Å². The largest absolute Gasteiger partial charge is 0.482 e. The lowest BCUT2D eigenvalue weighted by Crippen LogP contribution is -2.20. The van der Waals surface area contributed by atoms with Gasteiger partial charge >= 0.3 is 0 Å². The van der Waals surface area contributed by atoms with Crippen molar-refractivity contribution in [3.63, 3.8) is 0 Å². The zero-order chi connectivity index (χ0) is 17.6. The van der Waals surface area contributed by atoms with Crippen molar-refractivity contribution in [3.8, 4) is 11.4 Å². The summed E-state index contributed by atoms with van der Waals surface area (Å²) in [6, 6.07) is 14.4. The summed E-state index contributed by atoms with van der Waals surface area (Å²) in [5.74, 6) is 1.15. The highest BCUT2D eigenvalue weighted by molar-refractivity contribution is 6.30. The molecule has 0 unspecified atom stereocenters. The highest BCUT2D eigenvalue weighted by Crippen LogP contribution is 2.23. The van der Waals surface area contributed by atoms with Gasteiger partial charge in [0.15, 0.2) is 6.61 Å². The predicted molar refractivity (Wildman–Crippen MR) is 96.3 cm³/mol. The second-order valence-electron chi connectivity index (χ2n) is 5.28. The number of ether oxygens (including phenoxy) is 1. The third kappa shape index (κ3) is 4.16. The van der Waals surface area contributed by atoms with Gasteiger partial charge in [-0.1, -0.05) is 30.7 Å². The third-order valence-corrected chi connectivity index (χ3v) is 3.80. The summed E-state index contributed by atoms with van der Waals surface area (Å²) in [5.41, 5.74) is 1.46. The van der Waals surface area contributed by atoms with E-state index in [-0.39, 0.29) is 12.5 Å². The van der Waals surface area contributed by atoms with E-state index in [2.05, 4.69) is 15.5 Å². The molecule has 0 aliphatic rings. The molecular formula is C18H17ClN4O2. The number of aryl methyl sites for hydroxylation is 1. The quantitative estimate of drug-likeness (QED) is 0.734. The Kier molecular flexibility index (Phi) is 5.30. The topological polar surface area (TPSA) is 69.0 Å². The molecular weight excluding hydrogens is 340 g/mol. The molecule has 0 aliphatic heterocycles. The Balaban J connectivity index is 1.69. The van der Waals surface area contributed by atoms with Crippen LogP contribution in [0.25, 0.3) is 5.69 Å². The normalized spacial score (nSPS) is 10.5. The summed E-state index contributed by atoms with van der Waals surface area (Å²) in [6.07, 6.45) is 2.38. The zero-order valence-electron chi connectivity index (χ0n) is 13.6. The van der Waals surface area contributed by atoms with E-state index in [0.29, 0.717) is 16.5 Å². The van der Waals surface area contributed by atoms with Crippen LogP contribution >= 0.6 is 11.6 Å². The van der Waals surface area contributed by atoms with Gasteiger partial charge in [-0.3, -0.25) is 9.36 Å². The lowest BCUT2D eigenvalue weighted by atomic mass is 10.3. The zero-order valence-corrected chi connectivity index (χ0v) is 14.4. The molecule has 2 aromatic carbocycles. The van der Waals surface area contributed by atoms with Crippen LogP contribution in [-0.4, -0.2) is 27.3 Å². The van der Waals surface area contributed by atoms with E-state index in [0.717, 1.165) is 17.9 Å². The van der Waals surface area contributed by atoms with Crippen LogP contribution in [0.15, 0.2) is 54.9 Å². The molecule has 25 heavy (non-hydrogen) atoms. The first-order valence-electron chi connectivity index (χ1n) is 7.84. The maximum Gasteiger partial charge on any atom is 0.262 e. The number of rotatable bonds is 6. The van der Waals surface area contributed by atoms with Crippen molar-refractivity contribution < 1.29 is 9.53 Å². The minimum atomic E-state index is -0.253. The van der Waals surface area contributed by atoms with Crippen molar-refractivity contribution in [1.29, 1.82) is 0 Å². The van der Waals surface area contributed by atoms with Crippen molar-refractivity contribution in [2.45, 2.75) is 13.3 Å². The van der Waals surface area contributed by atoms with Crippen molar-refractivity contribution in [1.82, 2.24) is 14.8 Å². The van der Waals surface area contributed by atoms with Crippen molar-refractivity contribution in [2.24, 2.45) is 0 Å². The fourth-order valence-electron chi connectivity index (χ4n) is 2.35. The number of aromatic nitrogens is 3. The van der Waals surface area contributed by atoms with E-state index in [1.165, 1.54) is 0 Å². The van der Waals surface area contributed by atoms with Crippen LogP contribution < -0.4 is 10.1 Å². The van der Waals surface area contributed by atoms with E-state index >= 15 is 0 Å². The number of carbonyl (C=O) groups is 1. The first-order valence-corrected chi connectivity index (χ1v) is 8.21. The van der Waals surface area contributed by atoms with Gasteiger partial charge in [0, 0.05) is 17.1 Å². The number of anilines is 1. The molecule has 128 valence electrons. The number of hydrogen-bond donors (Lipinski definition) is 1. The minimum absolute atomic E-state index is 0.108. The van der Waals surface area contributed by atoms with Gasteiger partial charge in [0.25, 0.3) is 5.91 Å². The molecule has 3 aromatic rings. The van der Waals surface area contributed by atoms with Crippen molar-refractivity contribution in [2.75, 3.05) is 11.9 Å². The number of para-hydroxylation sites is 2. The Hall–Kier alpha value is -2.86. The Morgan fingerprint density at radius 3 is 2.72 bits per heavy atom. The monoisotopic (exact) mass is 356 g/mol. The van der Waals surface area contributed by atoms with E-state index in [4.69, 9.17) is 16.3 Å². The first kappa shape index (κ1) is 17.0. The summed E-state index contributed by atoms with van der Waals surface area (Å²) in [5, 5.41) is 11.4. The van der Waals surface area contributed by atoms with Crippen LogP contribution in [-0.2, 0) is 11.2 Å². The molecule has 0 spiro atoms. The molecule has 6 nitrogen and oxygen atoms in total. The molecule has 3 rings (SSSR count). The summed E-state index contributed by atoms with van der Waals surface area (Å²) in [4.78, 5) is 12.1. The average molecular weight is 357 g/mol. The van der Waals surface area contributed by atoms with Gasteiger partial charge in [-0.15, -0.1) is 10.2 Å². The molecule has 7 heteroatoms. The summed E-state index contributed by atoms with van der Waals surface area (Å²) < 4.78 is 7.56. The molecule has 1 heterocycles. The van der Waals surface area contributed by atoms with Gasteiger partial charge in [-0.2, -0.15) is 0 Å². The fourth-order valence-corrected chi connectivity index (χ4v) is 2.48. The smallest absolute Gasteiger partial charge is 0.262 e. The van der Waals surface area contributed by atoms with Crippen LogP contribution in [0.3, 0.4) is 0 Å². The molecule has 1 N–H and O–H groups in total. The lowest BCUT2D eigenvalue weighted by Gasteiger charge is -2.13. The van der Waals surface area contributed by atoms with Gasteiger partial charge in [0.05, 0.1) is 5.69 Å². The minimum Gasteiger partial charge on any atom is -0.482 e. The molecule has 0 saturated carbocycles. The van der Waals surface area contributed by atoms with E-state index in [1.54, 1.807) is 30.6 Å². The van der Waals surface area contributed by atoms with Crippen LogP contribution in [0.5, 0.6) is 5.75 Å². The number of benzene rings is 2. The number of nitrogens with zero attached hydrogens (tertiary/aromatic N) is 3. The van der Waals surface area contributed by atoms with E-state index < -0.39 is 0 Å². The lowest BCUT2D eigenvalue weighted by molar-refractivity contribution is -0.118. The second-order valence-corrected chi connectivity index (χ2v) is 5.72. The fraction of sp³-hybridized carbons (Fsp3) is 0.167.